The van der Waals surface area contributed by atoms with Crippen molar-refractivity contribution in [3.8, 4) is 28.4 Å². The summed E-state index contributed by atoms with van der Waals surface area (Å²) in [6.45, 7) is 2.97. The summed E-state index contributed by atoms with van der Waals surface area (Å²) in [7, 11) is 4.57. The van der Waals surface area contributed by atoms with E-state index in [4.69, 9.17) is 14.2 Å². The number of ether oxygens (including phenoxy) is 3. The number of hydrogen-bond donors (Lipinski definition) is 4. The molecule has 2 amide bonds. The number of thioether (sulfide) groups is 1. The van der Waals surface area contributed by atoms with Gasteiger partial charge in [-0.2, -0.15) is 11.8 Å². The lowest BCUT2D eigenvalue weighted by Crippen LogP contribution is -2.47. The van der Waals surface area contributed by atoms with Crippen LogP contribution in [0.15, 0.2) is 29.1 Å². The Morgan fingerprint density at radius 1 is 1.10 bits per heavy atom. The van der Waals surface area contributed by atoms with E-state index in [1.165, 1.54) is 46.1 Å². The van der Waals surface area contributed by atoms with Gasteiger partial charge in [-0.25, -0.2) is 4.79 Å². The van der Waals surface area contributed by atoms with Crippen LogP contribution in [-0.2, 0) is 20.8 Å². The number of carbonyl (C=O) groups is 3. The van der Waals surface area contributed by atoms with Gasteiger partial charge >= 0.3 is 5.97 Å². The molecule has 3 rings (SSSR count). The fraction of sp³-hybridized carbons (Fsp3) is 0.448. The lowest BCUT2D eigenvalue weighted by atomic mass is 9.95. The van der Waals surface area contributed by atoms with Gasteiger partial charge in [0, 0.05) is 12.5 Å². The van der Waals surface area contributed by atoms with Gasteiger partial charge in [0.25, 0.3) is 0 Å². The van der Waals surface area contributed by atoms with Crippen molar-refractivity contribution >= 4 is 35.2 Å². The highest BCUT2D eigenvalue weighted by Gasteiger charge is 2.30. The van der Waals surface area contributed by atoms with E-state index < -0.39 is 35.4 Å². The van der Waals surface area contributed by atoms with Crippen molar-refractivity contribution in [2.75, 3.05) is 38.7 Å². The van der Waals surface area contributed by atoms with E-state index in [9.17, 15) is 24.3 Å². The molecule has 0 radical (unpaired) electrons. The van der Waals surface area contributed by atoms with E-state index in [1.807, 2.05) is 12.3 Å². The lowest BCUT2D eigenvalue weighted by molar-refractivity contribution is -0.141. The minimum Gasteiger partial charge on any atom is -0.493 e. The second kappa shape index (κ2) is 14.1. The lowest BCUT2D eigenvalue weighted by Gasteiger charge is -2.19. The van der Waals surface area contributed by atoms with Crippen molar-refractivity contribution in [2.24, 2.45) is 0 Å². The Labute approximate surface area is 243 Å². The molecule has 0 spiro atoms. The number of hydrogen-bond acceptors (Lipinski definition) is 9. The van der Waals surface area contributed by atoms with Gasteiger partial charge in [0.1, 0.15) is 12.1 Å². The molecule has 0 fully saturated rings. The molecule has 0 saturated carbocycles. The number of carboxylic acids is 1. The van der Waals surface area contributed by atoms with Crippen LogP contribution in [0.2, 0.25) is 0 Å². The number of methoxy groups -OCH3 is 3. The Bertz CT molecular complexity index is 1370. The third-order valence-corrected chi connectivity index (χ3v) is 7.55. The largest absolute Gasteiger partial charge is 0.493 e. The highest BCUT2D eigenvalue weighted by Crippen LogP contribution is 2.50. The van der Waals surface area contributed by atoms with Crippen molar-refractivity contribution in [1.29, 1.82) is 0 Å². The third-order valence-electron chi connectivity index (χ3n) is 6.91. The molecule has 0 aliphatic heterocycles. The molecule has 11 nitrogen and oxygen atoms in total. The first-order valence-corrected chi connectivity index (χ1v) is 14.5. The van der Waals surface area contributed by atoms with Crippen molar-refractivity contribution in [1.82, 2.24) is 10.6 Å². The molecular formula is C29H37N3O8S. The second-order valence-corrected chi connectivity index (χ2v) is 10.6. The van der Waals surface area contributed by atoms with E-state index in [0.29, 0.717) is 52.5 Å². The van der Waals surface area contributed by atoms with Crippen LogP contribution in [0, 0.1) is 0 Å². The molecule has 41 heavy (non-hydrogen) atoms. The number of fused-ring (bicyclic) bond motifs is 3. The molecule has 1 aliphatic carbocycles. The zero-order chi connectivity index (χ0) is 30.3. The van der Waals surface area contributed by atoms with Crippen LogP contribution in [-0.4, -0.2) is 68.3 Å². The van der Waals surface area contributed by atoms with E-state index in [0.717, 1.165) is 5.56 Å². The van der Waals surface area contributed by atoms with Crippen LogP contribution in [0.1, 0.15) is 43.9 Å². The normalized spacial score (nSPS) is 15.2. The number of carboxylic acid groups (broad SMARTS) is 1. The standard InChI is InChI=1S/C29H37N3O8S/c1-15(28(35)32-22(29(36)37)11-12-41-6)30-21-10-8-18-19(14-23(21)34)20(31-16(2)33)9-7-17-13-24(38-3)26(39-4)27(40-5)25(17)18/h8,10,13-15,20,22H,7,9,11-12H2,1-6H3,(H,30,34)(H,31,33)(H,32,35)(H,36,37). The van der Waals surface area contributed by atoms with Crippen LogP contribution in [0.4, 0.5) is 5.69 Å². The Morgan fingerprint density at radius 2 is 1.80 bits per heavy atom. The topological polar surface area (TPSA) is 152 Å². The monoisotopic (exact) mass is 587 g/mol. The molecule has 0 bridgehead atoms. The molecule has 12 heteroatoms. The summed E-state index contributed by atoms with van der Waals surface area (Å²) in [6.07, 6.45) is 3.20. The van der Waals surface area contributed by atoms with E-state index in [2.05, 4.69) is 16.0 Å². The summed E-state index contributed by atoms with van der Waals surface area (Å²) in [5.74, 6) is -0.0328. The molecule has 2 aromatic carbocycles. The van der Waals surface area contributed by atoms with E-state index in [1.54, 1.807) is 19.1 Å². The Morgan fingerprint density at radius 3 is 2.39 bits per heavy atom. The third kappa shape index (κ3) is 7.24. The Balaban J connectivity index is 2.11. The number of nitrogens with one attached hydrogen (secondary N) is 3. The van der Waals surface area contributed by atoms with Gasteiger partial charge in [-0.05, 0) is 73.1 Å². The molecular weight excluding hydrogens is 550 g/mol. The Kier molecular flexibility index (Phi) is 10.9. The molecule has 2 aromatic rings. The fourth-order valence-electron chi connectivity index (χ4n) is 4.92. The second-order valence-electron chi connectivity index (χ2n) is 9.64. The maximum atomic E-state index is 13.5. The molecule has 1 aliphatic rings. The first-order valence-electron chi connectivity index (χ1n) is 13.1. The molecule has 222 valence electrons. The number of carbonyl (C=O) groups excluding carboxylic acids is 2. The van der Waals surface area contributed by atoms with Gasteiger partial charge in [-0.3, -0.25) is 14.4 Å². The average molecular weight is 588 g/mol. The molecule has 0 aromatic heterocycles. The maximum absolute atomic E-state index is 13.5. The molecule has 3 unspecified atom stereocenters. The summed E-state index contributed by atoms with van der Waals surface area (Å²) in [4.78, 5) is 50.0. The van der Waals surface area contributed by atoms with Crippen LogP contribution >= 0.6 is 11.8 Å². The SMILES string of the molecule is COc1cc2c(c(OC)c1OC)-c1ccc(NC(C)C(=O)NC(CCSC)C(=O)O)c(=O)cc1C(NC(C)=O)CC2. The first kappa shape index (κ1) is 31.6. The van der Waals surface area contributed by atoms with Crippen LogP contribution in [0.3, 0.4) is 0 Å². The minimum atomic E-state index is -1.12. The predicted molar refractivity (Wildman–Crippen MR) is 158 cm³/mol. The quantitative estimate of drug-likeness (QED) is 0.292. The summed E-state index contributed by atoms with van der Waals surface area (Å²) < 4.78 is 16.9. The van der Waals surface area contributed by atoms with Gasteiger partial charge in [0.15, 0.2) is 11.5 Å². The summed E-state index contributed by atoms with van der Waals surface area (Å²) in [6, 6.07) is 4.22. The van der Waals surface area contributed by atoms with Crippen LogP contribution in [0.5, 0.6) is 17.2 Å². The molecule has 4 N–H and O–H groups in total. The highest BCUT2D eigenvalue weighted by atomic mass is 32.2. The van der Waals surface area contributed by atoms with Crippen LogP contribution < -0.4 is 35.6 Å². The molecule has 0 heterocycles. The van der Waals surface area contributed by atoms with Gasteiger partial charge in [-0.15, -0.1) is 0 Å². The van der Waals surface area contributed by atoms with Gasteiger partial charge in [-0.1, -0.05) is 6.07 Å². The summed E-state index contributed by atoms with van der Waals surface area (Å²) in [5, 5.41) is 17.9. The predicted octanol–water partition coefficient (Wildman–Crippen LogP) is 2.99. The van der Waals surface area contributed by atoms with E-state index in [-0.39, 0.29) is 18.0 Å². The number of rotatable bonds is 12. The zero-order valence-electron chi connectivity index (χ0n) is 24.1. The number of amides is 2. The van der Waals surface area contributed by atoms with Gasteiger partial charge in [0.05, 0.1) is 33.1 Å². The number of benzene rings is 1. The van der Waals surface area contributed by atoms with E-state index >= 15 is 0 Å². The van der Waals surface area contributed by atoms with Gasteiger partial charge in [0.2, 0.25) is 23.0 Å². The van der Waals surface area contributed by atoms with Crippen molar-refractivity contribution in [2.45, 2.75) is 51.2 Å². The van der Waals surface area contributed by atoms with Crippen molar-refractivity contribution in [3.63, 3.8) is 0 Å². The first-order chi connectivity index (χ1) is 19.6. The number of anilines is 1. The number of aliphatic carboxylic acids is 1. The molecule has 0 saturated heterocycles. The number of aryl methyl sites for hydroxylation is 1. The summed E-state index contributed by atoms with van der Waals surface area (Å²) >= 11 is 1.48. The van der Waals surface area contributed by atoms with Crippen molar-refractivity contribution < 1.29 is 33.7 Å². The minimum absolute atomic E-state index is 0.138. The Hall–Kier alpha value is -3.93. The fourth-order valence-corrected chi connectivity index (χ4v) is 5.39. The highest BCUT2D eigenvalue weighted by molar-refractivity contribution is 7.98. The van der Waals surface area contributed by atoms with Crippen molar-refractivity contribution in [3.05, 3.63) is 45.6 Å². The van der Waals surface area contributed by atoms with Crippen LogP contribution in [0.25, 0.3) is 11.1 Å². The molecule has 3 atom stereocenters. The summed E-state index contributed by atoms with van der Waals surface area (Å²) in [5.41, 5.74) is 2.57. The average Bonchev–Trinajstić information content (AvgIpc) is 3.18. The maximum Gasteiger partial charge on any atom is 0.326 e. The van der Waals surface area contributed by atoms with Gasteiger partial charge < -0.3 is 35.3 Å². The zero-order valence-corrected chi connectivity index (χ0v) is 24.9. The smallest absolute Gasteiger partial charge is 0.326 e.